The zero-order valence-corrected chi connectivity index (χ0v) is 5.90. The van der Waals surface area contributed by atoms with Gasteiger partial charge in [-0.25, -0.2) is 0 Å². The second-order valence-electron chi connectivity index (χ2n) is 3.31. The van der Waals surface area contributed by atoms with E-state index >= 15 is 0 Å². The molecule has 2 aliphatic heterocycles. The molecule has 2 heteroatoms. The van der Waals surface area contributed by atoms with Crippen molar-refractivity contribution in [1.82, 2.24) is 0 Å². The van der Waals surface area contributed by atoms with Gasteiger partial charge < -0.3 is 10.2 Å². The van der Waals surface area contributed by atoms with E-state index in [2.05, 4.69) is 5.32 Å². The van der Waals surface area contributed by atoms with Crippen LogP contribution in [-0.4, -0.2) is 32.2 Å². The van der Waals surface area contributed by atoms with E-state index in [0.717, 1.165) is 6.04 Å². The molecule has 0 bridgehead atoms. The summed E-state index contributed by atoms with van der Waals surface area (Å²) < 4.78 is 0. The molecule has 2 atom stereocenters. The molecule has 2 nitrogen and oxygen atoms in total. The zero-order valence-electron chi connectivity index (χ0n) is 5.90. The van der Waals surface area contributed by atoms with Crippen molar-refractivity contribution in [3.8, 4) is 0 Å². The highest BCUT2D eigenvalue weighted by atomic mass is 15.2. The lowest BCUT2D eigenvalue weighted by molar-refractivity contribution is -0.959. The Morgan fingerprint density at radius 1 is 1.33 bits per heavy atom. The minimum absolute atomic E-state index is 1.03. The monoisotopic (exact) mass is 128 g/mol. The molecule has 0 aliphatic carbocycles. The third-order valence-electron chi connectivity index (χ3n) is 2.75. The number of hydrogen-bond donors (Lipinski definition) is 2. The Hall–Kier alpha value is -0.0800. The molecule has 0 radical (unpaired) electrons. The summed E-state index contributed by atoms with van der Waals surface area (Å²) in [6.07, 6.45) is 2.97. The number of nitrogens with one attached hydrogen (secondary N) is 1. The van der Waals surface area contributed by atoms with E-state index in [1.807, 2.05) is 4.90 Å². The van der Waals surface area contributed by atoms with E-state index in [1.54, 1.807) is 0 Å². The smallest absolute Gasteiger partial charge is 0.137 e. The molecule has 0 aromatic rings. The van der Waals surface area contributed by atoms with Gasteiger partial charge in [-0.15, -0.1) is 0 Å². The Kier molecular flexibility index (Phi) is 1.44. The molecular formula is C7H16N2+2. The van der Waals surface area contributed by atoms with Crippen LogP contribution in [-0.2, 0) is 0 Å². The standard InChI is InChI=1S/C7H14N2/c1-2-7-6-8-3-5-9(7)4-1/h7-8H,1-6H2/p+2/t7-/m1/s1. The highest BCUT2D eigenvalue weighted by molar-refractivity contribution is 4.61. The van der Waals surface area contributed by atoms with E-state index in [-0.39, 0.29) is 0 Å². The van der Waals surface area contributed by atoms with E-state index in [9.17, 15) is 0 Å². The fourth-order valence-electron chi connectivity index (χ4n) is 2.20. The number of nitrogens with two attached hydrogens (primary N) is 1. The van der Waals surface area contributed by atoms with Crippen molar-refractivity contribution in [2.75, 3.05) is 26.2 Å². The van der Waals surface area contributed by atoms with Gasteiger partial charge in [-0.3, -0.25) is 0 Å². The van der Waals surface area contributed by atoms with E-state index in [4.69, 9.17) is 0 Å². The molecule has 2 fully saturated rings. The molecule has 52 valence electrons. The van der Waals surface area contributed by atoms with Gasteiger partial charge in [-0.1, -0.05) is 0 Å². The summed E-state index contributed by atoms with van der Waals surface area (Å²) in [5.41, 5.74) is 0. The first kappa shape index (κ1) is 5.69. The molecule has 0 amide bonds. The van der Waals surface area contributed by atoms with E-state index < -0.39 is 0 Å². The van der Waals surface area contributed by atoms with Crippen LogP contribution in [0.1, 0.15) is 12.8 Å². The number of quaternary nitrogens is 2. The molecule has 3 N–H and O–H groups in total. The summed E-state index contributed by atoms with van der Waals surface area (Å²) in [4.78, 5) is 1.89. The number of rotatable bonds is 0. The van der Waals surface area contributed by atoms with Crippen LogP contribution < -0.4 is 10.2 Å². The van der Waals surface area contributed by atoms with Crippen LogP contribution in [0.2, 0.25) is 0 Å². The van der Waals surface area contributed by atoms with Gasteiger partial charge in [0.05, 0.1) is 6.54 Å². The predicted octanol–water partition coefficient (Wildman–Crippen LogP) is -2.39. The molecular weight excluding hydrogens is 112 g/mol. The summed E-state index contributed by atoms with van der Waals surface area (Å²) in [5, 5.41) is 2.47. The Morgan fingerprint density at radius 3 is 3.22 bits per heavy atom. The van der Waals surface area contributed by atoms with Gasteiger partial charge in [0, 0.05) is 12.8 Å². The summed E-state index contributed by atoms with van der Waals surface area (Å²) >= 11 is 0. The van der Waals surface area contributed by atoms with Gasteiger partial charge in [-0.05, 0) is 0 Å². The molecule has 1 unspecified atom stereocenters. The third-order valence-corrected chi connectivity index (χ3v) is 2.75. The minimum Gasteiger partial charge on any atom is -0.337 e. The normalized spacial score (nSPS) is 42.7. The van der Waals surface area contributed by atoms with Crippen LogP contribution in [0.15, 0.2) is 0 Å². The van der Waals surface area contributed by atoms with Crippen LogP contribution in [0.5, 0.6) is 0 Å². The first-order valence-electron chi connectivity index (χ1n) is 4.13. The van der Waals surface area contributed by atoms with E-state index in [1.165, 1.54) is 39.0 Å². The van der Waals surface area contributed by atoms with Gasteiger partial charge in [0.2, 0.25) is 0 Å². The van der Waals surface area contributed by atoms with Crippen molar-refractivity contribution >= 4 is 0 Å². The van der Waals surface area contributed by atoms with Crippen LogP contribution >= 0.6 is 0 Å². The van der Waals surface area contributed by atoms with Gasteiger partial charge in [0.25, 0.3) is 0 Å². The second-order valence-corrected chi connectivity index (χ2v) is 3.31. The second kappa shape index (κ2) is 2.27. The molecule has 0 saturated carbocycles. The highest BCUT2D eigenvalue weighted by Gasteiger charge is 2.32. The Balaban J connectivity index is 1.97. The summed E-state index contributed by atoms with van der Waals surface area (Å²) in [5.74, 6) is 0. The Morgan fingerprint density at radius 2 is 2.33 bits per heavy atom. The number of hydrogen-bond acceptors (Lipinski definition) is 0. The number of fused-ring (bicyclic) bond motifs is 1. The molecule has 0 aromatic heterocycles. The molecule has 2 aliphatic rings. The lowest BCUT2D eigenvalue weighted by Gasteiger charge is -2.23. The maximum Gasteiger partial charge on any atom is 0.137 e. The molecule has 2 rings (SSSR count). The topological polar surface area (TPSA) is 21.1 Å². The van der Waals surface area contributed by atoms with Crippen molar-refractivity contribution in [3.63, 3.8) is 0 Å². The highest BCUT2D eigenvalue weighted by Crippen LogP contribution is 1.97. The Labute approximate surface area is 56.2 Å². The maximum atomic E-state index is 2.47. The van der Waals surface area contributed by atoms with Gasteiger partial charge in [0.1, 0.15) is 25.7 Å². The molecule has 2 heterocycles. The fourth-order valence-corrected chi connectivity index (χ4v) is 2.20. The van der Waals surface area contributed by atoms with Crippen molar-refractivity contribution in [2.45, 2.75) is 18.9 Å². The average Bonchev–Trinajstić information content (AvgIpc) is 2.33. The molecule has 2 saturated heterocycles. The SMILES string of the molecule is C1C[C@@H]2C[NH2+]CC[NH+]2C1. The largest absolute Gasteiger partial charge is 0.337 e. The minimum atomic E-state index is 1.03. The van der Waals surface area contributed by atoms with E-state index in [0.29, 0.717) is 0 Å². The molecule has 0 aromatic carbocycles. The van der Waals surface area contributed by atoms with Crippen molar-refractivity contribution in [1.29, 1.82) is 0 Å². The van der Waals surface area contributed by atoms with Crippen molar-refractivity contribution in [2.24, 2.45) is 0 Å². The summed E-state index contributed by atoms with van der Waals surface area (Å²) in [6, 6.07) is 1.03. The van der Waals surface area contributed by atoms with Crippen LogP contribution in [0.3, 0.4) is 0 Å². The first-order valence-corrected chi connectivity index (χ1v) is 4.13. The lowest BCUT2D eigenvalue weighted by Crippen LogP contribution is -3.22. The van der Waals surface area contributed by atoms with Crippen molar-refractivity contribution < 1.29 is 10.2 Å². The quantitative estimate of drug-likeness (QED) is 0.363. The lowest BCUT2D eigenvalue weighted by atomic mass is 10.2. The van der Waals surface area contributed by atoms with Gasteiger partial charge in [-0.2, -0.15) is 0 Å². The summed E-state index contributed by atoms with van der Waals surface area (Å²) in [7, 11) is 0. The van der Waals surface area contributed by atoms with Gasteiger partial charge >= 0.3 is 0 Å². The number of piperazine rings is 1. The van der Waals surface area contributed by atoms with Crippen LogP contribution in [0.4, 0.5) is 0 Å². The van der Waals surface area contributed by atoms with Crippen LogP contribution in [0, 0.1) is 0 Å². The van der Waals surface area contributed by atoms with Gasteiger partial charge in [0.15, 0.2) is 0 Å². The fraction of sp³-hybridized carbons (Fsp3) is 1.00. The summed E-state index contributed by atoms with van der Waals surface area (Å²) in [6.45, 7) is 5.64. The predicted molar refractivity (Wildman–Crippen MR) is 35.4 cm³/mol. The zero-order chi connectivity index (χ0) is 6.10. The third kappa shape index (κ3) is 0.970. The van der Waals surface area contributed by atoms with Crippen LogP contribution in [0.25, 0.3) is 0 Å². The average molecular weight is 128 g/mol. The first-order chi connectivity index (χ1) is 4.47. The molecule has 0 spiro atoms. The van der Waals surface area contributed by atoms with Crippen molar-refractivity contribution in [3.05, 3.63) is 0 Å². The molecule has 9 heavy (non-hydrogen) atoms. The maximum absolute atomic E-state index is 2.47. The Bertz CT molecular complexity index is 91.1.